The molecule has 0 aliphatic rings. The van der Waals surface area contributed by atoms with Gasteiger partial charge in [-0.1, -0.05) is 37.3 Å². The first kappa shape index (κ1) is 9.71. The lowest BCUT2D eigenvalue weighted by Gasteiger charge is -2.00. The van der Waals surface area contributed by atoms with E-state index in [1.54, 1.807) is 0 Å². The van der Waals surface area contributed by atoms with Crippen molar-refractivity contribution in [3.63, 3.8) is 0 Å². The highest BCUT2D eigenvalue weighted by atomic mass is 127. The topological polar surface area (TPSA) is 28.7 Å². The summed E-state index contributed by atoms with van der Waals surface area (Å²) < 4.78 is 1.05. The van der Waals surface area contributed by atoms with Gasteiger partial charge in [-0.05, 0) is 34.6 Å². The summed E-state index contributed by atoms with van der Waals surface area (Å²) in [5, 5.41) is 7.29. The Morgan fingerprint density at radius 3 is 2.64 bits per heavy atom. The Hall–Kier alpha value is -0.840. The van der Waals surface area contributed by atoms with Crippen molar-refractivity contribution in [1.82, 2.24) is 10.2 Å². The van der Waals surface area contributed by atoms with Crippen LogP contribution in [0.15, 0.2) is 30.3 Å². The number of hydrogen-bond acceptors (Lipinski definition) is 1. The molecule has 0 fully saturated rings. The summed E-state index contributed by atoms with van der Waals surface area (Å²) >= 11 is 2.27. The van der Waals surface area contributed by atoms with Crippen molar-refractivity contribution in [1.29, 1.82) is 0 Å². The third-order valence-electron chi connectivity index (χ3n) is 2.21. The summed E-state index contributed by atoms with van der Waals surface area (Å²) in [5.74, 6) is 0. The van der Waals surface area contributed by atoms with Crippen LogP contribution in [-0.4, -0.2) is 10.2 Å². The molecule has 0 aliphatic carbocycles. The average molecular weight is 298 g/mol. The minimum atomic E-state index is 0.986. The molecule has 2 aromatic rings. The summed E-state index contributed by atoms with van der Waals surface area (Å²) in [5.41, 5.74) is 3.69. The number of nitrogens with zero attached hydrogens (tertiary/aromatic N) is 1. The third-order valence-corrected chi connectivity index (χ3v) is 2.99. The SMILES string of the molecule is CCc1[nH]nc(I)c1-c1ccccc1. The lowest BCUT2D eigenvalue weighted by atomic mass is 10.1. The van der Waals surface area contributed by atoms with Crippen LogP contribution < -0.4 is 0 Å². The standard InChI is InChI=1S/C11H11IN2/c1-2-9-10(11(12)14-13-9)8-6-4-3-5-7-8/h3-7H,2H2,1H3,(H,13,14). The van der Waals surface area contributed by atoms with Crippen molar-refractivity contribution >= 4 is 22.6 Å². The molecule has 0 aliphatic heterocycles. The first-order chi connectivity index (χ1) is 6.83. The second-order valence-electron chi connectivity index (χ2n) is 3.09. The second-order valence-corrected chi connectivity index (χ2v) is 4.11. The van der Waals surface area contributed by atoms with Gasteiger partial charge >= 0.3 is 0 Å². The van der Waals surface area contributed by atoms with E-state index >= 15 is 0 Å². The maximum absolute atomic E-state index is 4.23. The molecule has 0 unspecified atom stereocenters. The van der Waals surface area contributed by atoms with E-state index in [0.29, 0.717) is 0 Å². The van der Waals surface area contributed by atoms with Crippen LogP contribution >= 0.6 is 22.6 Å². The van der Waals surface area contributed by atoms with Crippen LogP contribution in [-0.2, 0) is 6.42 Å². The largest absolute Gasteiger partial charge is 0.281 e. The number of aryl methyl sites for hydroxylation is 1. The molecule has 0 saturated carbocycles. The first-order valence-corrected chi connectivity index (χ1v) is 5.69. The monoisotopic (exact) mass is 298 g/mol. The molecule has 0 atom stereocenters. The predicted octanol–water partition coefficient (Wildman–Crippen LogP) is 3.24. The molecule has 0 radical (unpaired) electrons. The van der Waals surface area contributed by atoms with Crippen LogP contribution in [0.25, 0.3) is 11.1 Å². The van der Waals surface area contributed by atoms with Crippen LogP contribution in [0.3, 0.4) is 0 Å². The van der Waals surface area contributed by atoms with Gasteiger partial charge in [0, 0.05) is 11.3 Å². The minimum absolute atomic E-state index is 0.986. The number of H-pyrrole nitrogens is 1. The van der Waals surface area contributed by atoms with Gasteiger partial charge in [-0.15, -0.1) is 0 Å². The van der Waals surface area contributed by atoms with Crippen molar-refractivity contribution in [3.8, 4) is 11.1 Å². The number of hydrogen-bond donors (Lipinski definition) is 1. The van der Waals surface area contributed by atoms with Crippen molar-refractivity contribution < 1.29 is 0 Å². The molecule has 1 aromatic heterocycles. The summed E-state index contributed by atoms with van der Waals surface area (Å²) in [6.07, 6.45) is 0.986. The highest BCUT2D eigenvalue weighted by Crippen LogP contribution is 2.27. The lowest BCUT2D eigenvalue weighted by molar-refractivity contribution is 0.968. The van der Waals surface area contributed by atoms with Crippen LogP contribution in [0.2, 0.25) is 0 Å². The Balaban J connectivity index is 2.55. The van der Waals surface area contributed by atoms with Gasteiger partial charge in [0.15, 0.2) is 0 Å². The van der Waals surface area contributed by atoms with E-state index in [1.165, 1.54) is 16.8 Å². The molecular weight excluding hydrogens is 287 g/mol. The highest BCUT2D eigenvalue weighted by Gasteiger charge is 2.10. The average Bonchev–Trinajstić information content (AvgIpc) is 2.61. The molecule has 72 valence electrons. The summed E-state index contributed by atoms with van der Waals surface area (Å²) in [4.78, 5) is 0. The van der Waals surface area contributed by atoms with Gasteiger partial charge in [-0.2, -0.15) is 5.10 Å². The molecule has 0 amide bonds. The molecular formula is C11H11IN2. The molecule has 14 heavy (non-hydrogen) atoms. The van der Waals surface area contributed by atoms with Gasteiger partial charge in [0.05, 0.1) is 0 Å². The maximum atomic E-state index is 4.23. The number of rotatable bonds is 2. The van der Waals surface area contributed by atoms with Crippen molar-refractivity contribution in [2.45, 2.75) is 13.3 Å². The highest BCUT2D eigenvalue weighted by molar-refractivity contribution is 14.1. The fourth-order valence-corrected chi connectivity index (χ4v) is 2.26. The number of benzene rings is 1. The zero-order valence-corrected chi connectivity index (χ0v) is 10.1. The van der Waals surface area contributed by atoms with Crippen LogP contribution in [0.5, 0.6) is 0 Å². The molecule has 1 aromatic carbocycles. The Kier molecular flexibility index (Phi) is 2.86. The van der Waals surface area contributed by atoms with Gasteiger partial charge in [0.25, 0.3) is 0 Å². The number of aromatic amines is 1. The van der Waals surface area contributed by atoms with Gasteiger partial charge in [0.2, 0.25) is 0 Å². The number of halogens is 1. The van der Waals surface area contributed by atoms with E-state index in [2.05, 4.69) is 64.0 Å². The Morgan fingerprint density at radius 1 is 1.29 bits per heavy atom. The maximum Gasteiger partial charge on any atom is 0.131 e. The fraction of sp³-hybridized carbons (Fsp3) is 0.182. The quantitative estimate of drug-likeness (QED) is 0.847. The van der Waals surface area contributed by atoms with Crippen molar-refractivity contribution in [2.24, 2.45) is 0 Å². The fourth-order valence-electron chi connectivity index (χ4n) is 1.51. The van der Waals surface area contributed by atoms with Gasteiger partial charge in [-0.3, -0.25) is 5.10 Å². The molecule has 3 heteroatoms. The van der Waals surface area contributed by atoms with Crippen molar-refractivity contribution in [2.75, 3.05) is 0 Å². The normalized spacial score (nSPS) is 10.4. The van der Waals surface area contributed by atoms with Crippen molar-refractivity contribution in [3.05, 3.63) is 39.7 Å². The summed E-state index contributed by atoms with van der Waals surface area (Å²) in [6.45, 7) is 2.13. The number of aromatic nitrogens is 2. The second kappa shape index (κ2) is 4.13. The molecule has 0 bridgehead atoms. The lowest BCUT2D eigenvalue weighted by Crippen LogP contribution is -1.85. The smallest absolute Gasteiger partial charge is 0.131 e. The summed E-state index contributed by atoms with van der Waals surface area (Å²) in [7, 11) is 0. The van der Waals surface area contributed by atoms with E-state index in [9.17, 15) is 0 Å². The van der Waals surface area contributed by atoms with Gasteiger partial charge in [-0.25, -0.2) is 0 Å². The molecule has 0 spiro atoms. The Bertz CT molecular complexity index is 420. The van der Waals surface area contributed by atoms with Gasteiger partial charge in [0.1, 0.15) is 3.70 Å². The zero-order chi connectivity index (χ0) is 9.97. The Morgan fingerprint density at radius 2 is 2.00 bits per heavy atom. The van der Waals surface area contributed by atoms with E-state index in [-0.39, 0.29) is 0 Å². The van der Waals surface area contributed by atoms with E-state index in [1.807, 2.05) is 6.07 Å². The van der Waals surface area contributed by atoms with Crippen LogP contribution in [0.1, 0.15) is 12.6 Å². The van der Waals surface area contributed by atoms with E-state index < -0.39 is 0 Å². The first-order valence-electron chi connectivity index (χ1n) is 4.61. The molecule has 1 heterocycles. The van der Waals surface area contributed by atoms with Crippen LogP contribution in [0.4, 0.5) is 0 Å². The zero-order valence-electron chi connectivity index (χ0n) is 7.92. The summed E-state index contributed by atoms with van der Waals surface area (Å²) in [6, 6.07) is 10.4. The number of nitrogens with one attached hydrogen (secondary N) is 1. The van der Waals surface area contributed by atoms with Gasteiger partial charge < -0.3 is 0 Å². The minimum Gasteiger partial charge on any atom is -0.281 e. The molecule has 2 nitrogen and oxygen atoms in total. The molecule has 0 saturated heterocycles. The van der Waals surface area contributed by atoms with E-state index in [4.69, 9.17) is 0 Å². The molecule has 1 N–H and O–H groups in total. The Labute approximate surface area is 96.9 Å². The third kappa shape index (κ3) is 1.68. The van der Waals surface area contributed by atoms with Crippen LogP contribution in [0, 0.1) is 3.70 Å². The predicted molar refractivity (Wildman–Crippen MR) is 66.1 cm³/mol. The van der Waals surface area contributed by atoms with E-state index in [0.717, 1.165) is 10.1 Å². The molecule has 2 rings (SSSR count).